The van der Waals surface area contributed by atoms with Gasteiger partial charge < -0.3 is 10.1 Å². The second kappa shape index (κ2) is 10.5. The van der Waals surface area contributed by atoms with E-state index in [0.717, 1.165) is 31.2 Å². The van der Waals surface area contributed by atoms with Crippen LogP contribution in [0.1, 0.15) is 30.6 Å². The quantitative estimate of drug-likeness (QED) is 0.512. The monoisotopic (exact) mass is 368 g/mol. The van der Waals surface area contributed by atoms with Crippen molar-refractivity contribution in [1.29, 1.82) is 0 Å². The largest absolute Gasteiger partial charge is 0.462 e. The van der Waals surface area contributed by atoms with Crippen LogP contribution in [0.2, 0.25) is 0 Å². The minimum absolute atomic E-state index is 0. The van der Waals surface area contributed by atoms with Crippen molar-refractivity contribution >= 4 is 28.4 Å². The van der Waals surface area contributed by atoms with Crippen molar-refractivity contribution < 1.29 is 22.3 Å². The molecule has 9 heteroatoms. The van der Waals surface area contributed by atoms with Crippen LogP contribution < -0.4 is 10.0 Å². The maximum atomic E-state index is 13.5. The third-order valence-electron chi connectivity index (χ3n) is 2.71. The van der Waals surface area contributed by atoms with Crippen LogP contribution in [0, 0.1) is 5.82 Å². The molecule has 0 fully saturated rings. The molecule has 1 rings (SSSR count). The van der Waals surface area contributed by atoms with Gasteiger partial charge in [0.25, 0.3) is 0 Å². The molecule has 2 N–H and O–H groups in total. The number of benzene rings is 1. The summed E-state index contributed by atoms with van der Waals surface area (Å²) in [6.45, 7) is 5.16. The average molecular weight is 369 g/mol. The molecule has 23 heavy (non-hydrogen) atoms. The number of esters is 1. The van der Waals surface area contributed by atoms with E-state index in [1.54, 1.807) is 6.92 Å². The third-order valence-corrected chi connectivity index (χ3v) is 4.15. The second-order valence-corrected chi connectivity index (χ2v) is 6.31. The van der Waals surface area contributed by atoms with E-state index in [1.165, 1.54) is 0 Å². The topological polar surface area (TPSA) is 84.5 Å². The van der Waals surface area contributed by atoms with Crippen molar-refractivity contribution in [1.82, 2.24) is 10.0 Å². The summed E-state index contributed by atoms with van der Waals surface area (Å²) in [5, 5.41) is 3.04. The Kier molecular flexibility index (Phi) is 9.98. The van der Waals surface area contributed by atoms with Gasteiger partial charge in [0.15, 0.2) is 0 Å². The Morgan fingerprint density at radius 2 is 1.87 bits per heavy atom. The minimum atomic E-state index is -3.88. The predicted octanol–water partition coefficient (Wildman–Crippen LogP) is 1.70. The molecule has 0 bridgehead atoms. The van der Waals surface area contributed by atoms with Gasteiger partial charge in [0.2, 0.25) is 10.0 Å². The second-order valence-electron chi connectivity index (χ2n) is 4.54. The standard InChI is InChI=1S/C14H21FN2O4S.ClH/c1-3-5-16-6-7-17-22(19,20)13-9-11(8-12(15)10-13)14(18)21-4-2;/h8-10,16-17H,3-7H2,1-2H3;1H. The van der Waals surface area contributed by atoms with Crippen molar-refractivity contribution in [3.05, 3.63) is 29.6 Å². The molecule has 0 saturated carbocycles. The molecule has 0 aliphatic rings. The first-order chi connectivity index (χ1) is 10.4. The molecule has 0 aliphatic carbocycles. The lowest BCUT2D eigenvalue weighted by atomic mass is 10.2. The number of carbonyl (C=O) groups is 1. The number of carbonyl (C=O) groups excluding carboxylic acids is 1. The van der Waals surface area contributed by atoms with Crippen LogP contribution in [0.15, 0.2) is 23.1 Å². The molecular formula is C14H22ClFN2O4S. The Labute approximate surface area is 142 Å². The van der Waals surface area contributed by atoms with Gasteiger partial charge >= 0.3 is 5.97 Å². The van der Waals surface area contributed by atoms with Crippen LogP contribution in [0.5, 0.6) is 0 Å². The zero-order chi connectivity index (χ0) is 16.6. The summed E-state index contributed by atoms with van der Waals surface area (Å²) >= 11 is 0. The number of hydrogen-bond acceptors (Lipinski definition) is 5. The van der Waals surface area contributed by atoms with Gasteiger partial charge in [-0.3, -0.25) is 0 Å². The Hall–Kier alpha value is -1.22. The lowest BCUT2D eigenvalue weighted by molar-refractivity contribution is 0.0525. The molecule has 0 aromatic heterocycles. The van der Waals surface area contributed by atoms with Gasteiger partial charge in [-0.15, -0.1) is 12.4 Å². The molecule has 6 nitrogen and oxygen atoms in total. The lowest BCUT2D eigenvalue weighted by Gasteiger charge is -2.09. The third kappa shape index (κ3) is 7.26. The number of halogens is 2. The summed E-state index contributed by atoms with van der Waals surface area (Å²) in [5.74, 6) is -1.57. The van der Waals surface area contributed by atoms with Crippen LogP contribution in [0.4, 0.5) is 4.39 Å². The zero-order valence-electron chi connectivity index (χ0n) is 13.1. The first-order valence-corrected chi connectivity index (χ1v) is 8.57. The average Bonchev–Trinajstić information content (AvgIpc) is 2.46. The van der Waals surface area contributed by atoms with Gasteiger partial charge in [-0.1, -0.05) is 6.92 Å². The summed E-state index contributed by atoms with van der Waals surface area (Å²) in [6, 6.07) is 2.91. The number of nitrogens with one attached hydrogen (secondary N) is 2. The van der Waals surface area contributed by atoms with E-state index >= 15 is 0 Å². The van der Waals surface area contributed by atoms with E-state index in [4.69, 9.17) is 4.74 Å². The normalized spacial score (nSPS) is 10.9. The molecular weight excluding hydrogens is 347 g/mol. The fourth-order valence-corrected chi connectivity index (χ4v) is 2.80. The molecule has 0 amide bonds. The van der Waals surface area contributed by atoms with Crippen LogP contribution in [-0.4, -0.2) is 40.6 Å². The zero-order valence-corrected chi connectivity index (χ0v) is 14.7. The number of ether oxygens (including phenoxy) is 1. The summed E-state index contributed by atoms with van der Waals surface area (Å²) < 4.78 is 44.8. The molecule has 0 atom stereocenters. The highest BCUT2D eigenvalue weighted by Crippen LogP contribution is 2.15. The molecule has 0 unspecified atom stereocenters. The van der Waals surface area contributed by atoms with Crippen LogP contribution in [0.3, 0.4) is 0 Å². The Bertz CT molecular complexity index is 611. The highest BCUT2D eigenvalue weighted by molar-refractivity contribution is 7.89. The summed E-state index contributed by atoms with van der Waals surface area (Å²) in [5.41, 5.74) is -0.133. The molecule has 0 heterocycles. The van der Waals surface area contributed by atoms with Crippen molar-refractivity contribution in [2.45, 2.75) is 25.2 Å². The maximum absolute atomic E-state index is 13.5. The SMILES string of the molecule is CCCNCCNS(=O)(=O)c1cc(F)cc(C(=O)OCC)c1.Cl. The van der Waals surface area contributed by atoms with E-state index < -0.39 is 21.8 Å². The van der Waals surface area contributed by atoms with Crippen molar-refractivity contribution in [3.8, 4) is 0 Å². The number of rotatable bonds is 9. The summed E-state index contributed by atoms with van der Waals surface area (Å²) in [7, 11) is -3.88. The van der Waals surface area contributed by atoms with Gasteiger partial charge in [0.05, 0.1) is 17.1 Å². The molecule has 0 spiro atoms. The van der Waals surface area contributed by atoms with Crippen molar-refractivity contribution in [3.63, 3.8) is 0 Å². The molecule has 1 aromatic rings. The highest BCUT2D eigenvalue weighted by Gasteiger charge is 2.18. The van der Waals surface area contributed by atoms with Crippen LogP contribution in [0.25, 0.3) is 0 Å². The van der Waals surface area contributed by atoms with Gasteiger partial charge in [-0.25, -0.2) is 22.3 Å². The van der Waals surface area contributed by atoms with Gasteiger partial charge in [0, 0.05) is 13.1 Å². The van der Waals surface area contributed by atoms with Crippen LogP contribution in [-0.2, 0) is 14.8 Å². The van der Waals surface area contributed by atoms with E-state index in [9.17, 15) is 17.6 Å². The molecule has 1 aromatic carbocycles. The molecule has 0 saturated heterocycles. The highest BCUT2D eigenvalue weighted by atomic mass is 35.5. The lowest BCUT2D eigenvalue weighted by Crippen LogP contribution is -2.32. The van der Waals surface area contributed by atoms with E-state index in [2.05, 4.69) is 10.0 Å². The van der Waals surface area contributed by atoms with Crippen molar-refractivity contribution in [2.24, 2.45) is 0 Å². The number of sulfonamides is 1. The Morgan fingerprint density at radius 1 is 1.17 bits per heavy atom. The molecule has 0 radical (unpaired) electrons. The predicted molar refractivity (Wildman–Crippen MR) is 88.0 cm³/mol. The van der Waals surface area contributed by atoms with Crippen LogP contribution >= 0.6 is 12.4 Å². The van der Waals surface area contributed by atoms with Crippen molar-refractivity contribution in [2.75, 3.05) is 26.2 Å². The Balaban J connectivity index is 0.00000484. The fraction of sp³-hybridized carbons (Fsp3) is 0.500. The van der Waals surface area contributed by atoms with Gasteiger partial charge in [-0.2, -0.15) is 0 Å². The number of hydrogen-bond donors (Lipinski definition) is 2. The summed E-state index contributed by atoms with van der Waals surface area (Å²) in [4.78, 5) is 11.3. The fourth-order valence-electron chi connectivity index (χ4n) is 1.71. The summed E-state index contributed by atoms with van der Waals surface area (Å²) in [6.07, 6.45) is 0.944. The molecule has 0 aliphatic heterocycles. The minimum Gasteiger partial charge on any atom is -0.462 e. The van der Waals surface area contributed by atoms with E-state index in [-0.39, 0.29) is 36.0 Å². The van der Waals surface area contributed by atoms with Gasteiger partial charge in [0.1, 0.15) is 5.82 Å². The molecule has 132 valence electrons. The van der Waals surface area contributed by atoms with E-state index in [1.807, 2.05) is 6.92 Å². The van der Waals surface area contributed by atoms with Gasteiger partial charge in [-0.05, 0) is 38.1 Å². The smallest absolute Gasteiger partial charge is 0.338 e. The first-order valence-electron chi connectivity index (χ1n) is 7.08. The maximum Gasteiger partial charge on any atom is 0.338 e. The Morgan fingerprint density at radius 3 is 2.48 bits per heavy atom. The first kappa shape index (κ1) is 21.8. The van der Waals surface area contributed by atoms with E-state index in [0.29, 0.717) is 6.54 Å².